The van der Waals surface area contributed by atoms with Crippen LogP contribution in [0, 0.1) is 0 Å². The quantitative estimate of drug-likeness (QED) is 0.392. The van der Waals surface area contributed by atoms with Crippen molar-refractivity contribution in [3.8, 4) is 5.75 Å². The fraction of sp³-hybridized carbons (Fsp3) is 0.333. The molecule has 11 heteroatoms. The highest BCUT2D eigenvalue weighted by Crippen LogP contribution is 2.40. The summed E-state index contributed by atoms with van der Waals surface area (Å²) in [5.74, 6) is -0.0583. The lowest BCUT2D eigenvalue weighted by molar-refractivity contribution is -0.113. The Morgan fingerprint density at radius 2 is 2.00 bits per heavy atom. The van der Waals surface area contributed by atoms with Crippen LogP contribution in [-0.4, -0.2) is 72.7 Å². The van der Waals surface area contributed by atoms with Crippen molar-refractivity contribution in [3.05, 3.63) is 42.5 Å². The zero-order valence-electron chi connectivity index (χ0n) is 15.3. The zero-order chi connectivity index (χ0) is 20.8. The Hall–Kier alpha value is -3.12. The van der Waals surface area contributed by atoms with Gasteiger partial charge in [-0.25, -0.2) is 15.0 Å². The van der Waals surface area contributed by atoms with Crippen LogP contribution in [-0.2, 0) is 10.5 Å². The summed E-state index contributed by atoms with van der Waals surface area (Å²) in [5, 5.41) is 30.9. The largest absolute Gasteiger partial charge is 0.497 e. The van der Waals surface area contributed by atoms with Gasteiger partial charge in [-0.15, -0.1) is 0 Å². The molecule has 1 saturated heterocycles. The van der Waals surface area contributed by atoms with E-state index in [1.54, 1.807) is 12.1 Å². The maximum atomic E-state index is 13.6. The minimum absolute atomic E-state index is 0.0764. The summed E-state index contributed by atoms with van der Waals surface area (Å²) in [6.07, 6.45) is -2.04. The molecule has 0 radical (unpaired) electrons. The van der Waals surface area contributed by atoms with Gasteiger partial charge in [0.15, 0.2) is 11.5 Å². The molecule has 0 spiro atoms. The molecule has 3 aromatic rings. The molecule has 0 bridgehead atoms. The van der Waals surface area contributed by atoms with Crippen molar-refractivity contribution in [1.82, 2.24) is 19.5 Å². The summed E-state index contributed by atoms with van der Waals surface area (Å²) in [6, 6.07) is 6.16. The van der Waals surface area contributed by atoms with Crippen molar-refractivity contribution in [3.63, 3.8) is 0 Å². The fourth-order valence-electron chi connectivity index (χ4n) is 3.49. The van der Waals surface area contributed by atoms with Crippen molar-refractivity contribution in [2.75, 3.05) is 19.5 Å². The summed E-state index contributed by atoms with van der Waals surface area (Å²) in [7, 11) is 1.49. The number of methoxy groups -OCH3 is 1. The predicted octanol–water partition coefficient (Wildman–Crippen LogP) is -0.934. The Morgan fingerprint density at radius 3 is 2.62 bits per heavy atom. The topological polar surface area (TPSA) is 166 Å². The van der Waals surface area contributed by atoms with Gasteiger partial charge >= 0.3 is 0 Å². The van der Waals surface area contributed by atoms with Crippen LogP contribution in [0.1, 0.15) is 10.4 Å². The Balaban J connectivity index is 1.92. The lowest BCUT2D eigenvalue weighted by atomic mass is 9.93. The number of aliphatic hydroxyl groups excluding tert-OH is 3. The molecule has 1 aliphatic rings. The van der Waals surface area contributed by atoms with E-state index in [-0.39, 0.29) is 22.5 Å². The maximum Gasteiger partial charge on any atom is 0.241 e. The number of carbonyl (C=O) groups is 1. The molecule has 11 nitrogen and oxygen atoms in total. The molecule has 2 aromatic heterocycles. The second-order valence-electron chi connectivity index (χ2n) is 6.57. The van der Waals surface area contributed by atoms with Crippen molar-refractivity contribution in [2.24, 2.45) is 0 Å². The molecule has 1 aliphatic heterocycles. The number of rotatable bonds is 5. The van der Waals surface area contributed by atoms with Gasteiger partial charge in [0.1, 0.15) is 42.2 Å². The SMILES string of the molecule is COc1ccc(C(=O)[C@@]2(n3cnc4c(N)ncnc43)O[C@H](CO)[C@@H](O)[C@H]2O)cc1. The molecule has 0 aliphatic carbocycles. The van der Waals surface area contributed by atoms with Crippen molar-refractivity contribution < 1.29 is 29.6 Å². The van der Waals surface area contributed by atoms with Crippen LogP contribution >= 0.6 is 0 Å². The number of ketones is 1. The Bertz CT molecular complexity index is 1050. The number of hydrogen-bond donors (Lipinski definition) is 4. The summed E-state index contributed by atoms with van der Waals surface area (Å²) >= 11 is 0. The number of ether oxygens (including phenoxy) is 2. The second-order valence-corrected chi connectivity index (χ2v) is 6.57. The van der Waals surface area contributed by atoms with Crippen LogP contribution in [0.25, 0.3) is 11.2 Å². The number of nitrogen functional groups attached to an aromatic ring is 1. The van der Waals surface area contributed by atoms with Gasteiger partial charge in [-0.1, -0.05) is 0 Å². The predicted molar refractivity (Wildman–Crippen MR) is 99.0 cm³/mol. The van der Waals surface area contributed by atoms with E-state index < -0.39 is 36.4 Å². The number of benzene rings is 1. The monoisotopic (exact) mass is 401 g/mol. The van der Waals surface area contributed by atoms with Gasteiger partial charge in [0.2, 0.25) is 11.5 Å². The standard InChI is InChI=1S/C18H19N5O6/c1-28-10-4-2-9(3-5-10)14(26)18(15(27)13(25)11(6-24)29-18)23-8-22-12-16(19)20-7-21-17(12)23/h2-5,7-8,11,13,15,24-25,27H,6H2,1H3,(H2,19,20,21)/t11-,13-,15-,18-/m1/s1. The van der Waals surface area contributed by atoms with E-state index in [0.717, 1.165) is 0 Å². The maximum absolute atomic E-state index is 13.6. The van der Waals surface area contributed by atoms with Crippen molar-refractivity contribution >= 4 is 22.8 Å². The van der Waals surface area contributed by atoms with Gasteiger partial charge in [-0.3, -0.25) is 9.36 Å². The third-order valence-corrected chi connectivity index (χ3v) is 5.01. The van der Waals surface area contributed by atoms with E-state index >= 15 is 0 Å². The first-order valence-electron chi connectivity index (χ1n) is 8.71. The molecule has 3 heterocycles. The summed E-state index contributed by atoms with van der Waals surface area (Å²) in [5.41, 5.74) is 4.21. The number of carbonyl (C=O) groups excluding carboxylic acids is 1. The minimum Gasteiger partial charge on any atom is -0.497 e. The van der Waals surface area contributed by atoms with Crippen LogP contribution < -0.4 is 10.5 Å². The highest BCUT2D eigenvalue weighted by molar-refractivity contribution is 6.02. The molecule has 4 atom stereocenters. The van der Waals surface area contributed by atoms with E-state index in [4.69, 9.17) is 15.2 Å². The van der Waals surface area contributed by atoms with Crippen LogP contribution in [0.15, 0.2) is 36.9 Å². The van der Waals surface area contributed by atoms with E-state index in [2.05, 4.69) is 15.0 Å². The molecule has 0 amide bonds. The van der Waals surface area contributed by atoms with Crippen LogP contribution in [0.4, 0.5) is 5.82 Å². The minimum atomic E-state index is -2.13. The number of hydrogen-bond acceptors (Lipinski definition) is 10. The van der Waals surface area contributed by atoms with E-state index in [1.165, 1.54) is 36.5 Å². The molecule has 29 heavy (non-hydrogen) atoms. The number of imidazole rings is 1. The number of Topliss-reactive ketones (excluding diaryl/α,β-unsaturated/α-hetero) is 1. The molecular weight excluding hydrogens is 382 g/mol. The fourth-order valence-corrected chi connectivity index (χ4v) is 3.49. The number of nitrogens with two attached hydrogens (primary N) is 1. The number of aliphatic hydroxyl groups is 3. The van der Waals surface area contributed by atoms with Crippen molar-refractivity contribution in [1.29, 1.82) is 0 Å². The van der Waals surface area contributed by atoms with Gasteiger partial charge in [0.25, 0.3) is 0 Å². The smallest absolute Gasteiger partial charge is 0.241 e. The van der Waals surface area contributed by atoms with Gasteiger partial charge in [0, 0.05) is 5.56 Å². The molecule has 1 fully saturated rings. The third kappa shape index (κ3) is 2.75. The van der Waals surface area contributed by atoms with Gasteiger partial charge < -0.3 is 30.5 Å². The molecule has 4 rings (SSSR count). The Kier molecular flexibility index (Phi) is 4.67. The van der Waals surface area contributed by atoms with E-state index in [9.17, 15) is 20.1 Å². The number of nitrogens with zero attached hydrogens (tertiary/aromatic N) is 4. The molecule has 0 saturated carbocycles. The lowest BCUT2D eigenvalue weighted by Crippen LogP contribution is -2.51. The van der Waals surface area contributed by atoms with Gasteiger partial charge in [0.05, 0.1) is 13.7 Å². The molecule has 152 valence electrons. The average Bonchev–Trinajstić information content (AvgIpc) is 3.29. The summed E-state index contributed by atoms with van der Waals surface area (Å²) < 4.78 is 12.1. The highest BCUT2D eigenvalue weighted by atomic mass is 16.6. The number of fused-ring (bicyclic) bond motifs is 1. The first-order chi connectivity index (χ1) is 13.9. The lowest BCUT2D eigenvalue weighted by Gasteiger charge is -2.32. The van der Waals surface area contributed by atoms with Crippen molar-refractivity contribution in [2.45, 2.75) is 24.0 Å². The van der Waals surface area contributed by atoms with Crippen LogP contribution in [0.3, 0.4) is 0 Å². The number of anilines is 1. The molecule has 1 aromatic carbocycles. The highest BCUT2D eigenvalue weighted by Gasteiger charge is 2.60. The summed E-state index contributed by atoms with van der Waals surface area (Å²) in [6.45, 7) is -0.611. The summed E-state index contributed by atoms with van der Waals surface area (Å²) in [4.78, 5) is 25.7. The molecular formula is C18H19N5O6. The van der Waals surface area contributed by atoms with Crippen LogP contribution in [0.2, 0.25) is 0 Å². The normalized spacial score (nSPS) is 26.7. The van der Waals surface area contributed by atoms with E-state index in [0.29, 0.717) is 5.75 Å². The van der Waals surface area contributed by atoms with E-state index in [1.807, 2.05) is 0 Å². The Morgan fingerprint density at radius 1 is 1.28 bits per heavy atom. The average molecular weight is 401 g/mol. The first-order valence-corrected chi connectivity index (χ1v) is 8.71. The van der Waals surface area contributed by atoms with Crippen LogP contribution in [0.5, 0.6) is 5.75 Å². The van der Waals surface area contributed by atoms with Gasteiger partial charge in [-0.2, -0.15) is 0 Å². The number of aromatic nitrogens is 4. The Labute approximate surface area is 164 Å². The first kappa shape index (κ1) is 19.2. The van der Waals surface area contributed by atoms with Gasteiger partial charge in [-0.05, 0) is 24.3 Å². The molecule has 0 unspecified atom stereocenters. The zero-order valence-corrected chi connectivity index (χ0v) is 15.3. The second kappa shape index (κ2) is 7.04. The molecule has 5 N–H and O–H groups in total. The third-order valence-electron chi connectivity index (χ3n) is 5.01.